The molecule has 1 fully saturated rings. The number of hydrogen-bond donors (Lipinski definition) is 1. The quantitative estimate of drug-likeness (QED) is 0.874. The molecule has 0 radical (unpaired) electrons. The summed E-state index contributed by atoms with van der Waals surface area (Å²) in [6, 6.07) is 5.21. The Labute approximate surface area is 133 Å². The van der Waals surface area contributed by atoms with Crippen molar-refractivity contribution < 1.29 is 9.18 Å². The summed E-state index contributed by atoms with van der Waals surface area (Å²) in [5.74, 6) is -0.209. The first-order valence-corrected chi connectivity index (χ1v) is 7.25. The summed E-state index contributed by atoms with van der Waals surface area (Å²) in [6.45, 7) is 5.69. The molecule has 0 aliphatic carbocycles. The van der Waals surface area contributed by atoms with Crippen molar-refractivity contribution in [2.45, 2.75) is 32.4 Å². The smallest absolute Gasteiger partial charge is 0.227 e. The van der Waals surface area contributed by atoms with Gasteiger partial charge in [-0.3, -0.25) is 4.79 Å². The summed E-state index contributed by atoms with van der Waals surface area (Å²) in [5.41, 5.74) is 0.830. The molecule has 2 rings (SSSR count). The second kappa shape index (κ2) is 7.38. The Morgan fingerprint density at radius 3 is 2.85 bits per heavy atom. The van der Waals surface area contributed by atoms with Gasteiger partial charge >= 0.3 is 0 Å². The van der Waals surface area contributed by atoms with Gasteiger partial charge in [0.15, 0.2) is 0 Å². The van der Waals surface area contributed by atoms with E-state index in [0.717, 1.165) is 18.7 Å². The second-order valence-corrected chi connectivity index (χ2v) is 5.85. The minimum atomic E-state index is -0.305. The number of benzene rings is 1. The Kier molecular flexibility index (Phi) is 6.43. The maximum atomic E-state index is 13.2. The van der Waals surface area contributed by atoms with E-state index in [9.17, 15) is 9.18 Å². The molecule has 20 heavy (non-hydrogen) atoms. The fraction of sp³-hybridized carbons (Fsp3) is 0.500. The highest BCUT2D eigenvalue weighted by atomic mass is 79.9. The van der Waals surface area contributed by atoms with Gasteiger partial charge in [-0.05, 0) is 47.5 Å². The first-order valence-electron chi connectivity index (χ1n) is 6.46. The molecule has 6 heteroatoms. The average molecular weight is 366 g/mol. The lowest BCUT2D eigenvalue weighted by Gasteiger charge is -2.38. The number of carbonyl (C=O) groups is 1. The van der Waals surface area contributed by atoms with Gasteiger partial charge in [-0.1, -0.05) is 6.07 Å². The van der Waals surface area contributed by atoms with E-state index in [1.54, 1.807) is 12.1 Å². The van der Waals surface area contributed by atoms with Gasteiger partial charge in [-0.2, -0.15) is 0 Å². The van der Waals surface area contributed by atoms with Crippen LogP contribution in [0.5, 0.6) is 0 Å². The van der Waals surface area contributed by atoms with Crippen LogP contribution in [0, 0.1) is 5.82 Å². The molecular formula is C14H19BrClFN2O. The lowest BCUT2D eigenvalue weighted by Crippen LogP contribution is -2.57. The van der Waals surface area contributed by atoms with Crippen LogP contribution in [0.3, 0.4) is 0 Å². The monoisotopic (exact) mass is 364 g/mol. The van der Waals surface area contributed by atoms with Gasteiger partial charge in [0.1, 0.15) is 5.82 Å². The van der Waals surface area contributed by atoms with E-state index in [0.29, 0.717) is 16.9 Å². The van der Waals surface area contributed by atoms with Crippen molar-refractivity contribution in [2.24, 2.45) is 0 Å². The molecule has 112 valence electrons. The van der Waals surface area contributed by atoms with Gasteiger partial charge in [0.05, 0.1) is 10.9 Å². The molecule has 1 saturated heterocycles. The van der Waals surface area contributed by atoms with Crippen molar-refractivity contribution >= 4 is 34.2 Å². The number of nitrogens with one attached hydrogen (secondary N) is 1. The van der Waals surface area contributed by atoms with E-state index >= 15 is 0 Å². The molecule has 1 N–H and O–H groups in total. The molecular weight excluding hydrogens is 347 g/mol. The predicted molar refractivity (Wildman–Crippen MR) is 83.7 cm³/mol. The van der Waals surface area contributed by atoms with Crippen LogP contribution in [0.1, 0.15) is 19.4 Å². The zero-order valence-corrected chi connectivity index (χ0v) is 13.9. The molecule has 1 aromatic rings. The predicted octanol–water partition coefficient (Wildman–Crippen LogP) is 2.76. The molecule has 0 saturated carbocycles. The molecule has 1 amide bonds. The first kappa shape index (κ1) is 17.4. The Hall–Kier alpha value is -0.650. The standard InChI is InChI=1S/C14H18BrFN2O.ClH/c1-9-10(2)18(6-5-17-9)14(19)8-11-3-4-13(16)12(15)7-11;/h3-4,7,9-10,17H,5-6,8H2,1-2H3;1H. The van der Waals surface area contributed by atoms with Crippen molar-refractivity contribution in [3.05, 3.63) is 34.1 Å². The lowest BCUT2D eigenvalue weighted by molar-refractivity contribution is -0.134. The zero-order chi connectivity index (χ0) is 14.0. The average Bonchev–Trinajstić information content (AvgIpc) is 2.37. The Morgan fingerprint density at radius 2 is 2.20 bits per heavy atom. The summed E-state index contributed by atoms with van der Waals surface area (Å²) in [4.78, 5) is 14.2. The van der Waals surface area contributed by atoms with E-state index in [-0.39, 0.29) is 30.2 Å². The third-order valence-electron chi connectivity index (χ3n) is 3.69. The highest BCUT2D eigenvalue weighted by Crippen LogP contribution is 2.18. The van der Waals surface area contributed by atoms with Crippen molar-refractivity contribution in [1.29, 1.82) is 0 Å². The van der Waals surface area contributed by atoms with Crippen LogP contribution in [0.15, 0.2) is 22.7 Å². The molecule has 1 aliphatic heterocycles. The maximum Gasteiger partial charge on any atom is 0.227 e. The van der Waals surface area contributed by atoms with Gasteiger partial charge in [-0.25, -0.2) is 4.39 Å². The fourth-order valence-electron chi connectivity index (χ4n) is 2.33. The molecule has 0 aromatic heterocycles. The van der Waals surface area contributed by atoms with Crippen molar-refractivity contribution in [3.63, 3.8) is 0 Å². The first-order chi connectivity index (χ1) is 8.99. The van der Waals surface area contributed by atoms with E-state index in [1.165, 1.54) is 6.07 Å². The van der Waals surface area contributed by atoms with E-state index in [1.807, 2.05) is 4.90 Å². The minimum Gasteiger partial charge on any atom is -0.337 e. The van der Waals surface area contributed by atoms with Crippen LogP contribution < -0.4 is 5.32 Å². The summed E-state index contributed by atoms with van der Waals surface area (Å²) >= 11 is 3.14. The van der Waals surface area contributed by atoms with Crippen LogP contribution in [-0.2, 0) is 11.2 Å². The van der Waals surface area contributed by atoms with Gasteiger partial charge in [0.2, 0.25) is 5.91 Å². The number of rotatable bonds is 2. The number of amides is 1. The molecule has 2 atom stereocenters. The van der Waals surface area contributed by atoms with Crippen molar-refractivity contribution in [3.8, 4) is 0 Å². The van der Waals surface area contributed by atoms with Crippen molar-refractivity contribution in [1.82, 2.24) is 10.2 Å². The van der Waals surface area contributed by atoms with Crippen LogP contribution in [0.4, 0.5) is 4.39 Å². The van der Waals surface area contributed by atoms with Crippen LogP contribution in [0.2, 0.25) is 0 Å². The normalized spacial score (nSPS) is 22.3. The lowest BCUT2D eigenvalue weighted by atomic mass is 10.1. The SMILES string of the molecule is CC1NCCN(C(=O)Cc2ccc(F)c(Br)c2)C1C.Cl. The summed E-state index contributed by atoms with van der Waals surface area (Å²) in [5, 5.41) is 3.35. The minimum absolute atomic E-state index is 0. The molecule has 1 aliphatic rings. The van der Waals surface area contributed by atoms with E-state index < -0.39 is 0 Å². The third-order valence-corrected chi connectivity index (χ3v) is 4.30. The molecule has 3 nitrogen and oxygen atoms in total. The Balaban J connectivity index is 0.00000200. The third kappa shape index (κ3) is 3.93. The molecule has 1 heterocycles. The number of piperazine rings is 1. The highest BCUT2D eigenvalue weighted by molar-refractivity contribution is 9.10. The van der Waals surface area contributed by atoms with Gasteiger partial charge in [-0.15, -0.1) is 12.4 Å². The van der Waals surface area contributed by atoms with E-state index in [2.05, 4.69) is 35.1 Å². The topological polar surface area (TPSA) is 32.3 Å². The van der Waals surface area contributed by atoms with Crippen LogP contribution >= 0.6 is 28.3 Å². The number of halogens is 3. The molecule has 0 spiro atoms. The number of hydrogen-bond acceptors (Lipinski definition) is 2. The van der Waals surface area contributed by atoms with Crippen LogP contribution in [0.25, 0.3) is 0 Å². The fourth-order valence-corrected chi connectivity index (χ4v) is 2.76. The van der Waals surface area contributed by atoms with Crippen LogP contribution in [-0.4, -0.2) is 36.0 Å². The van der Waals surface area contributed by atoms with Gasteiger partial charge < -0.3 is 10.2 Å². The number of nitrogens with zero attached hydrogens (tertiary/aromatic N) is 1. The summed E-state index contributed by atoms with van der Waals surface area (Å²) < 4.78 is 13.6. The highest BCUT2D eigenvalue weighted by Gasteiger charge is 2.27. The summed E-state index contributed by atoms with van der Waals surface area (Å²) in [7, 11) is 0. The number of carbonyl (C=O) groups excluding carboxylic acids is 1. The molecule has 0 bridgehead atoms. The van der Waals surface area contributed by atoms with Crippen molar-refractivity contribution in [2.75, 3.05) is 13.1 Å². The second-order valence-electron chi connectivity index (χ2n) is 5.00. The molecule has 2 unspecified atom stereocenters. The molecule has 1 aromatic carbocycles. The zero-order valence-electron chi connectivity index (χ0n) is 11.5. The Morgan fingerprint density at radius 1 is 1.50 bits per heavy atom. The Bertz CT molecular complexity index is 486. The largest absolute Gasteiger partial charge is 0.337 e. The van der Waals surface area contributed by atoms with E-state index in [4.69, 9.17) is 0 Å². The van der Waals surface area contributed by atoms with Gasteiger partial charge in [0, 0.05) is 25.2 Å². The maximum absolute atomic E-state index is 13.2. The summed E-state index contributed by atoms with van der Waals surface area (Å²) in [6.07, 6.45) is 0.315. The van der Waals surface area contributed by atoms with Gasteiger partial charge in [0.25, 0.3) is 0 Å².